The Morgan fingerprint density at radius 3 is 1.98 bits per heavy atom. The van der Waals surface area contributed by atoms with E-state index in [1.54, 1.807) is 24.9 Å². The average Bonchev–Trinajstić information content (AvgIpc) is 4.08. The minimum Gasteiger partial charge on any atom is -0.453 e. The molecule has 3 aromatic carbocycles. The molecule has 4 N–H and O–H groups in total. The maximum absolute atomic E-state index is 13.5. The molecule has 1 aliphatic carbocycles. The Bertz CT molecular complexity index is 2280. The minimum atomic E-state index is -0.704. The topological polar surface area (TPSA) is 175 Å². The number of likely N-dealkylation sites (tertiary alicyclic amines) is 2. The number of rotatable bonds is 9. The lowest BCUT2D eigenvalue weighted by Crippen LogP contribution is -2.50. The fraction of sp³-hybridized carbons (Fsp3) is 0.381. The van der Waals surface area contributed by atoms with Gasteiger partial charge in [0.2, 0.25) is 11.8 Å². The molecule has 3 aliphatic rings. The van der Waals surface area contributed by atoms with Gasteiger partial charge in [-0.15, -0.1) is 0 Å². The summed E-state index contributed by atoms with van der Waals surface area (Å²) in [5.74, 6) is 1.52. The van der Waals surface area contributed by atoms with Gasteiger partial charge >= 0.3 is 12.2 Å². The molecule has 0 spiro atoms. The first-order chi connectivity index (χ1) is 27.1. The maximum Gasteiger partial charge on any atom is 0.407 e. The number of aromatic nitrogens is 4. The van der Waals surface area contributed by atoms with Crippen molar-refractivity contribution in [2.24, 2.45) is 5.92 Å². The fourth-order valence-electron chi connectivity index (χ4n) is 8.76. The first-order valence-electron chi connectivity index (χ1n) is 19.2. The Kier molecular flexibility index (Phi) is 9.96. The molecule has 6 atom stereocenters. The largest absolute Gasteiger partial charge is 0.453 e. The summed E-state index contributed by atoms with van der Waals surface area (Å²) in [5.41, 5.74) is 5.92. The number of carbonyl (C=O) groups excluding carboxylic acids is 4. The molecule has 14 nitrogen and oxygen atoms in total. The van der Waals surface area contributed by atoms with Crippen LogP contribution in [-0.2, 0) is 19.1 Å². The quantitative estimate of drug-likeness (QED) is 0.132. The second kappa shape index (κ2) is 15.2. The number of hydrogen-bond donors (Lipinski definition) is 4. The van der Waals surface area contributed by atoms with Gasteiger partial charge in [0.05, 0.1) is 50.1 Å². The highest BCUT2D eigenvalue weighted by Crippen LogP contribution is 2.50. The van der Waals surface area contributed by atoms with Crippen molar-refractivity contribution in [2.45, 2.75) is 76.2 Å². The fourth-order valence-corrected chi connectivity index (χ4v) is 8.76. The monoisotopic (exact) mass is 758 g/mol. The lowest BCUT2D eigenvalue weighted by molar-refractivity contribution is -0.137. The van der Waals surface area contributed by atoms with Crippen molar-refractivity contribution in [3.8, 4) is 33.6 Å². The molecule has 14 heteroatoms. The van der Waals surface area contributed by atoms with Crippen molar-refractivity contribution in [3.63, 3.8) is 0 Å². The average molecular weight is 759 g/mol. The Hall–Kier alpha value is -6.18. The van der Waals surface area contributed by atoms with E-state index < -0.39 is 24.3 Å². The molecular weight excluding hydrogens is 713 g/mol. The Morgan fingerprint density at radius 1 is 0.714 bits per heavy atom. The van der Waals surface area contributed by atoms with E-state index in [2.05, 4.69) is 91.0 Å². The molecule has 3 fully saturated rings. The van der Waals surface area contributed by atoms with Gasteiger partial charge in [0.25, 0.3) is 0 Å². The zero-order valence-corrected chi connectivity index (χ0v) is 31.9. The van der Waals surface area contributed by atoms with Gasteiger partial charge in [0, 0.05) is 18.2 Å². The number of alkyl carbamates (subject to hydrolysis) is 2. The van der Waals surface area contributed by atoms with E-state index in [0.717, 1.165) is 88.2 Å². The smallest absolute Gasteiger partial charge is 0.407 e. The lowest BCUT2D eigenvalue weighted by atomic mass is 9.97. The normalized spacial score (nSPS) is 21.2. The van der Waals surface area contributed by atoms with E-state index in [4.69, 9.17) is 9.72 Å². The highest BCUT2D eigenvalue weighted by Gasteiger charge is 2.50. The van der Waals surface area contributed by atoms with Crippen LogP contribution in [0.1, 0.15) is 69.7 Å². The van der Waals surface area contributed by atoms with Crippen molar-refractivity contribution < 1.29 is 28.7 Å². The van der Waals surface area contributed by atoms with Crippen molar-refractivity contribution >= 4 is 34.8 Å². The third-order valence-electron chi connectivity index (χ3n) is 11.6. The van der Waals surface area contributed by atoms with Crippen LogP contribution in [0.15, 0.2) is 73.1 Å². The number of carbonyl (C=O) groups is 4. The van der Waals surface area contributed by atoms with E-state index in [1.165, 1.54) is 14.2 Å². The van der Waals surface area contributed by atoms with E-state index in [1.807, 2.05) is 11.1 Å². The second-order valence-electron chi connectivity index (χ2n) is 15.0. The van der Waals surface area contributed by atoms with E-state index in [9.17, 15) is 19.2 Å². The summed E-state index contributed by atoms with van der Waals surface area (Å²) in [6, 6.07) is 19.5. The van der Waals surface area contributed by atoms with Crippen LogP contribution < -0.4 is 10.6 Å². The highest BCUT2D eigenvalue weighted by molar-refractivity contribution is 5.91. The van der Waals surface area contributed by atoms with E-state index in [-0.39, 0.29) is 29.9 Å². The first kappa shape index (κ1) is 36.8. The Labute approximate surface area is 324 Å². The number of methoxy groups -OCH3 is 2. The summed E-state index contributed by atoms with van der Waals surface area (Å²) in [4.78, 5) is 70.2. The van der Waals surface area contributed by atoms with Crippen molar-refractivity contribution in [1.82, 2.24) is 40.4 Å². The van der Waals surface area contributed by atoms with Gasteiger partial charge in [-0.3, -0.25) is 9.59 Å². The number of ether oxygens (including phenoxy) is 2. The summed E-state index contributed by atoms with van der Waals surface area (Å²) in [5, 5.41) is 7.39. The zero-order valence-electron chi connectivity index (χ0n) is 31.9. The van der Waals surface area contributed by atoms with Crippen LogP contribution in [0.4, 0.5) is 9.59 Å². The first-order valence-corrected chi connectivity index (χ1v) is 19.2. The van der Waals surface area contributed by atoms with Crippen molar-refractivity contribution in [2.75, 3.05) is 20.8 Å². The molecule has 4 amide bonds. The van der Waals surface area contributed by atoms with Gasteiger partial charge in [-0.05, 0) is 91.5 Å². The van der Waals surface area contributed by atoms with Gasteiger partial charge in [-0.2, -0.15) is 0 Å². The number of benzene rings is 3. The van der Waals surface area contributed by atoms with E-state index in [0.29, 0.717) is 12.5 Å². The predicted octanol–water partition coefficient (Wildman–Crippen LogP) is 6.49. The van der Waals surface area contributed by atoms with Crippen LogP contribution in [0.2, 0.25) is 0 Å². The second-order valence-corrected chi connectivity index (χ2v) is 15.0. The molecule has 1 unspecified atom stereocenters. The number of imidazole rings is 2. The molecule has 8 rings (SSSR count). The maximum atomic E-state index is 13.5. The number of fused-ring (bicyclic) bond motifs is 3. The summed E-state index contributed by atoms with van der Waals surface area (Å²) in [7, 11) is 2.56. The Morgan fingerprint density at radius 2 is 1.29 bits per heavy atom. The van der Waals surface area contributed by atoms with Crippen LogP contribution in [-0.4, -0.2) is 92.6 Å². The summed E-state index contributed by atoms with van der Waals surface area (Å²) < 4.78 is 9.37. The molecule has 2 aliphatic heterocycles. The van der Waals surface area contributed by atoms with E-state index >= 15 is 0 Å². The standard InChI is InChI=1S/C42H46N8O6/c1-23(45-41(53)55-3)39(51)49-17-5-6-35(49)37-43-21-33(47-37)26-9-7-25(8-10-26)27-11-12-29-19-30(14-13-28(29)18-27)34-22-44-38(48-34)36-31-15-16-32(20-31)50(36)40(52)24(2)46-42(54)56-4/h7-14,18-19,21-24,31-32,35-36H,5-6,15-17,20H2,1-4H3,(H,43,47)(H,44,48)(H,45,53)(H,46,54)/t23-,24-,31-,32+,35-,36?/m0/s1. The number of hydrogen-bond acceptors (Lipinski definition) is 8. The lowest BCUT2D eigenvalue weighted by Gasteiger charge is -2.36. The van der Waals surface area contributed by atoms with Crippen LogP contribution in [0.25, 0.3) is 44.4 Å². The molecule has 56 heavy (non-hydrogen) atoms. The molecule has 5 aromatic rings. The molecule has 2 aromatic heterocycles. The molecule has 290 valence electrons. The van der Waals surface area contributed by atoms with Gasteiger partial charge in [0.1, 0.15) is 23.7 Å². The van der Waals surface area contributed by atoms with Gasteiger partial charge in [0.15, 0.2) is 0 Å². The highest BCUT2D eigenvalue weighted by atomic mass is 16.5. The number of H-pyrrole nitrogens is 2. The summed E-state index contributed by atoms with van der Waals surface area (Å²) in [6.45, 7) is 3.95. The SMILES string of the molecule is COC(=O)N[C@@H](C)C(=O)N1CCC[C@H]1c1ncc(-c2ccc(-c3ccc4cc(-c5cnc(C6[C@H]7CC[C@H](C7)N6C(=O)[C@H](C)NC(=O)OC)[nH]5)ccc4c3)cc2)[nH]1. The van der Waals surface area contributed by atoms with Crippen LogP contribution in [0.5, 0.6) is 0 Å². The minimum absolute atomic E-state index is 0.124. The van der Waals surface area contributed by atoms with Crippen molar-refractivity contribution in [3.05, 3.63) is 84.7 Å². The number of nitrogens with zero attached hydrogens (tertiary/aromatic N) is 4. The summed E-state index contributed by atoms with van der Waals surface area (Å²) in [6.07, 6.45) is 6.96. The van der Waals surface area contributed by atoms with Gasteiger partial charge < -0.3 is 39.9 Å². The molecule has 2 saturated heterocycles. The molecule has 4 heterocycles. The van der Waals surface area contributed by atoms with Crippen LogP contribution in [0.3, 0.4) is 0 Å². The third-order valence-corrected chi connectivity index (χ3v) is 11.6. The number of aromatic amines is 2. The Balaban J connectivity index is 0.948. The third kappa shape index (κ3) is 6.95. The van der Waals surface area contributed by atoms with Crippen LogP contribution in [0, 0.1) is 5.92 Å². The van der Waals surface area contributed by atoms with Crippen LogP contribution >= 0.6 is 0 Å². The van der Waals surface area contributed by atoms with Crippen molar-refractivity contribution in [1.29, 1.82) is 0 Å². The number of amides is 4. The predicted molar refractivity (Wildman–Crippen MR) is 209 cm³/mol. The number of piperidine rings is 1. The zero-order chi connectivity index (χ0) is 39.1. The molecule has 1 saturated carbocycles. The molecular formula is C42H46N8O6. The van der Waals surface area contributed by atoms with Gasteiger partial charge in [-0.1, -0.05) is 48.5 Å². The van der Waals surface area contributed by atoms with Gasteiger partial charge in [-0.25, -0.2) is 19.6 Å². The molecule has 2 bridgehead atoms. The molecule has 0 radical (unpaired) electrons. The summed E-state index contributed by atoms with van der Waals surface area (Å²) >= 11 is 0. The number of nitrogens with one attached hydrogen (secondary N) is 4.